The van der Waals surface area contributed by atoms with Gasteiger partial charge in [-0.15, -0.1) is 0 Å². The molecule has 0 N–H and O–H groups in total. The molecule has 0 amide bonds. The van der Waals surface area contributed by atoms with E-state index in [1.165, 1.54) is 6.20 Å². The van der Waals surface area contributed by atoms with E-state index in [4.69, 9.17) is 0 Å². The Morgan fingerprint density at radius 1 is 0.875 bits per heavy atom. The smallest absolute Gasteiger partial charge is 0.178 e. The van der Waals surface area contributed by atoms with E-state index in [1.807, 2.05) is 30.3 Å². The largest absolute Gasteiger partial charge is 0.264 e. The average molecular weight is 345 g/mol. The quantitative estimate of drug-likeness (QED) is 0.718. The molecule has 2 aromatic carbocycles. The summed E-state index contributed by atoms with van der Waals surface area (Å²) in [4.78, 5) is 3.32. The summed E-state index contributed by atoms with van der Waals surface area (Å²) >= 11 is 0. The minimum atomic E-state index is -3.85. The minimum Gasteiger partial charge on any atom is -0.264 e. The van der Waals surface area contributed by atoms with Crippen LogP contribution in [0.2, 0.25) is 0 Å². The number of sulfone groups is 1. The third-order valence-corrected chi connectivity index (χ3v) is 4.73. The first-order valence-corrected chi connectivity index (χ1v) is 8.96. The van der Waals surface area contributed by atoms with Crippen molar-refractivity contribution in [2.45, 2.75) is 4.90 Å². The number of nitrogens with zero attached hydrogens (tertiary/aromatic N) is 1. The molecule has 0 aliphatic rings. The van der Waals surface area contributed by atoms with Crippen molar-refractivity contribution in [1.82, 2.24) is 4.98 Å². The Hall–Kier alpha value is -2.60. The lowest BCUT2D eigenvalue weighted by Gasteiger charge is -2.12. The van der Waals surface area contributed by atoms with Gasteiger partial charge in [0, 0.05) is 29.8 Å². The van der Waals surface area contributed by atoms with Crippen molar-refractivity contribution in [3.05, 3.63) is 72.6 Å². The van der Waals surface area contributed by atoms with Crippen LogP contribution in [0.1, 0.15) is 0 Å². The SMILES string of the molecule is CS(=O)(=O)c1cc(F)c(-c2cnccc2-c2ccccc2)cc1F. The summed E-state index contributed by atoms with van der Waals surface area (Å²) in [5, 5.41) is 0. The lowest BCUT2D eigenvalue weighted by molar-refractivity contribution is 0.557. The van der Waals surface area contributed by atoms with E-state index in [0.29, 0.717) is 17.2 Å². The van der Waals surface area contributed by atoms with Crippen LogP contribution in [0.3, 0.4) is 0 Å². The highest BCUT2D eigenvalue weighted by Gasteiger charge is 2.20. The molecule has 0 aliphatic carbocycles. The van der Waals surface area contributed by atoms with Gasteiger partial charge in [0.05, 0.1) is 0 Å². The van der Waals surface area contributed by atoms with Gasteiger partial charge in [0.1, 0.15) is 16.5 Å². The monoisotopic (exact) mass is 345 g/mol. The van der Waals surface area contributed by atoms with Gasteiger partial charge in [-0.1, -0.05) is 30.3 Å². The van der Waals surface area contributed by atoms with Crippen molar-refractivity contribution in [3.8, 4) is 22.3 Å². The molecule has 3 rings (SSSR count). The normalized spacial score (nSPS) is 11.5. The van der Waals surface area contributed by atoms with Crippen LogP contribution in [0.4, 0.5) is 8.78 Å². The maximum Gasteiger partial charge on any atom is 0.178 e. The number of pyridine rings is 1. The highest BCUT2D eigenvalue weighted by Crippen LogP contribution is 2.34. The van der Waals surface area contributed by atoms with E-state index in [0.717, 1.165) is 17.9 Å². The summed E-state index contributed by atoms with van der Waals surface area (Å²) < 4.78 is 51.7. The molecule has 0 aliphatic heterocycles. The summed E-state index contributed by atoms with van der Waals surface area (Å²) in [7, 11) is -3.85. The van der Waals surface area contributed by atoms with Crippen molar-refractivity contribution in [3.63, 3.8) is 0 Å². The maximum absolute atomic E-state index is 14.5. The fraction of sp³-hybridized carbons (Fsp3) is 0.0556. The predicted octanol–water partition coefficient (Wildman–Crippen LogP) is 4.10. The maximum atomic E-state index is 14.5. The molecule has 0 atom stereocenters. The van der Waals surface area contributed by atoms with E-state index in [2.05, 4.69) is 4.98 Å². The molecule has 0 unspecified atom stereocenters. The second kappa shape index (κ2) is 6.13. The van der Waals surface area contributed by atoms with Crippen LogP contribution in [0, 0.1) is 11.6 Å². The van der Waals surface area contributed by atoms with Gasteiger partial charge in [-0.05, 0) is 29.3 Å². The number of hydrogen-bond donors (Lipinski definition) is 0. The molecule has 0 bridgehead atoms. The Kier molecular flexibility index (Phi) is 4.15. The van der Waals surface area contributed by atoms with Gasteiger partial charge >= 0.3 is 0 Å². The second-order valence-electron chi connectivity index (χ2n) is 5.32. The first-order chi connectivity index (χ1) is 11.4. The fourth-order valence-electron chi connectivity index (χ4n) is 2.50. The summed E-state index contributed by atoms with van der Waals surface area (Å²) in [5.41, 5.74) is 1.85. The van der Waals surface area contributed by atoms with E-state index in [-0.39, 0.29) is 5.56 Å². The van der Waals surface area contributed by atoms with Crippen molar-refractivity contribution in [2.24, 2.45) is 0 Å². The molecular formula is C18H13F2NO2S. The molecule has 3 aromatic rings. The van der Waals surface area contributed by atoms with Gasteiger partial charge in [-0.25, -0.2) is 17.2 Å². The summed E-state index contributed by atoms with van der Waals surface area (Å²) in [6, 6.07) is 12.5. The topological polar surface area (TPSA) is 47.0 Å². The van der Waals surface area contributed by atoms with Crippen molar-refractivity contribution < 1.29 is 17.2 Å². The molecule has 0 saturated heterocycles. The predicted molar refractivity (Wildman–Crippen MR) is 88.1 cm³/mol. The number of hydrogen-bond acceptors (Lipinski definition) is 3. The average Bonchev–Trinajstić information content (AvgIpc) is 2.56. The lowest BCUT2D eigenvalue weighted by Crippen LogP contribution is -2.03. The van der Waals surface area contributed by atoms with Crippen LogP contribution >= 0.6 is 0 Å². The van der Waals surface area contributed by atoms with Crippen molar-refractivity contribution >= 4 is 9.84 Å². The van der Waals surface area contributed by atoms with E-state index < -0.39 is 26.4 Å². The zero-order chi connectivity index (χ0) is 17.3. The molecule has 24 heavy (non-hydrogen) atoms. The minimum absolute atomic E-state index is 0.0353. The molecule has 1 heterocycles. The molecule has 122 valence electrons. The third kappa shape index (κ3) is 3.05. The standard InChI is InChI=1S/C18H13F2NO2S/c1-24(22,23)18-10-16(19)14(9-17(18)20)15-11-21-8-7-13(15)12-5-3-2-4-6-12/h2-11H,1H3. The lowest BCUT2D eigenvalue weighted by atomic mass is 9.96. The summed E-state index contributed by atoms with van der Waals surface area (Å²) in [6.45, 7) is 0. The molecule has 3 nitrogen and oxygen atoms in total. The van der Waals surface area contributed by atoms with Crippen LogP contribution in [0.5, 0.6) is 0 Å². The molecule has 0 spiro atoms. The van der Waals surface area contributed by atoms with E-state index in [1.54, 1.807) is 12.3 Å². The van der Waals surface area contributed by atoms with Crippen LogP contribution in [0.15, 0.2) is 65.8 Å². The Balaban J connectivity index is 2.23. The van der Waals surface area contributed by atoms with Crippen LogP contribution in [-0.2, 0) is 9.84 Å². The molecule has 0 saturated carbocycles. The molecule has 6 heteroatoms. The van der Waals surface area contributed by atoms with Gasteiger partial charge in [-0.3, -0.25) is 4.98 Å². The Morgan fingerprint density at radius 3 is 2.25 bits per heavy atom. The summed E-state index contributed by atoms with van der Waals surface area (Å²) in [5.74, 6) is -1.81. The molecule has 0 radical (unpaired) electrons. The highest BCUT2D eigenvalue weighted by molar-refractivity contribution is 7.90. The first-order valence-electron chi connectivity index (χ1n) is 7.07. The third-order valence-electron chi connectivity index (χ3n) is 3.62. The van der Waals surface area contributed by atoms with Gasteiger partial charge in [0.2, 0.25) is 0 Å². The number of aromatic nitrogens is 1. The van der Waals surface area contributed by atoms with Gasteiger partial charge in [0.25, 0.3) is 0 Å². The van der Waals surface area contributed by atoms with Crippen LogP contribution < -0.4 is 0 Å². The number of benzene rings is 2. The van der Waals surface area contributed by atoms with Crippen molar-refractivity contribution in [1.29, 1.82) is 0 Å². The van der Waals surface area contributed by atoms with Gasteiger partial charge in [-0.2, -0.15) is 0 Å². The van der Waals surface area contributed by atoms with Crippen LogP contribution in [-0.4, -0.2) is 19.7 Å². The highest BCUT2D eigenvalue weighted by atomic mass is 32.2. The van der Waals surface area contributed by atoms with Gasteiger partial charge in [0.15, 0.2) is 9.84 Å². The van der Waals surface area contributed by atoms with Crippen molar-refractivity contribution in [2.75, 3.05) is 6.26 Å². The summed E-state index contributed by atoms with van der Waals surface area (Å²) in [6.07, 6.45) is 3.83. The Morgan fingerprint density at radius 2 is 1.58 bits per heavy atom. The Bertz CT molecular complexity index is 1000. The number of halogens is 2. The zero-order valence-corrected chi connectivity index (χ0v) is 13.5. The zero-order valence-electron chi connectivity index (χ0n) is 12.7. The number of rotatable bonds is 3. The second-order valence-corrected chi connectivity index (χ2v) is 7.31. The molecule has 0 fully saturated rings. The Labute approximate surface area is 138 Å². The first kappa shape index (κ1) is 16.3. The van der Waals surface area contributed by atoms with E-state index >= 15 is 0 Å². The fourth-order valence-corrected chi connectivity index (χ4v) is 3.23. The molecular weight excluding hydrogens is 332 g/mol. The van der Waals surface area contributed by atoms with Gasteiger partial charge < -0.3 is 0 Å². The molecule has 1 aromatic heterocycles. The van der Waals surface area contributed by atoms with Crippen LogP contribution in [0.25, 0.3) is 22.3 Å². The van der Waals surface area contributed by atoms with E-state index in [9.17, 15) is 17.2 Å².